The van der Waals surface area contributed by atoms with Crippen molar-refractivity contribution in [3.8, 4) is 5.88 Å². The fraction of sp³-hybridized carbons (Fsp3) is 0.524. The maximum absolute atomic E-state index is 10.6. The van der Waals surface area contributed by atoms with Crippen molar-refractivity contribution in [1.29, 1.82) is 0 Å². The molecule has 0 unspecified atom stereocenters. The predicted molar refractivity (Wildman–Crippen MR) is 116 cm³/mol. The van der Waals surface area contributed by atoms with Gasteiger partial charge in [-0.1, -0.05) is 6.07 Å². The van der Waals surface area contributed by atoms with Crippen LogP contribution in [0.1, 0.15) is 23.5 Å². The Bertz CT molecular complexity index is 996. The number of aryl methyl sites for hydroxylation is 1. The number of carboxylic acid groups (broad SMARTS) is 2. The monoisotopic (exact) mass is 559 g/mol. The molecular formula is C21H23F6N3O6S. The van der Waals surface area contributed by atoms with Crippen LogP contribution in [0.25, 0.3) is 0 Å². The van der Waals surface area contributed by atoms with Crippen molar-refractivity contribution >= 4 is 23.3 Å². The largest absolute Gasteiger partial charge is 0.490 e. The molecule has 2 aromatic heterocycles. The van der Waals surface area contributed by atoms with Crippen molar-refractivity contribution in [2.45, 2.75) is 56.9 Å². The Labute approximate surface area is 210 Å². The third kappa shape index (κ3) is 9.77. The number of hydrogen-bond acceptors (Lipinski definition) is 8. The summed E-state index contributed by atoms with van der Waals surface area (Å²) in [5.74, 6) is -4.84. The molecule has 0 saturated carbocycles. The molecule has 4 heterocycles. The van der Waals surface area contributed by atoms with Crippen LogP contribution in [-0.2, 0) is 20.9 Å². The number of aromatic nitrogens is 2. The average molecular weight is 559 g/mol. The number of hydrogen-bond donors (Lipinski definition) is 2. The lowest BCUT2D eigenvalue weighted by Crippen LogP contribution is -2.42. The van der Waals surface area contributed by atoms with Gasteiger partial charge in [-0.2, -0.15) is 26.3 Å². The zero-order valence-corrected chi connectivity index (χ0v) is 20.0. The average Bonchev–Trinajstić information content (AvgIpc) is 3.37. The van der Waals surface area contributed by atoms with E-state index in [0.717, 1.165) is 43.2 Å². The molecular weight excluding hydrogens is 536 g/mol. The first-order chi connectivity index (χ1) is 17.2. The Balaban J connectivity index is 0.000000286. The molecule has 3 atom stereocenters. The highest BCUT2D eigenvalue weighted by molar-refractivity contribution is 7.09. The van der Waals surface area contributed by atoms with Gasteiger partial charge in [0.25, 0.3) is 0 Å². The summed E-state index contributed by atoms with van der Waals surface area (Å²) in [5.41, 5.74) is 1.15. The van der Waals surface area contributed by atoms with Crippen molar-refractivity contribution in [1.82, 2.24) is 14.9 Å². The van der Waals surface area contributed by atoms with E-state index in [1.807, 2.05) is 18.2 Å². The second-order valence-corrected chi connectivity index (χ2v) is 8.82. The summed E-state index contributed by atoms with van der Waals surface area (Å²) in [4.78, 5) is 29.1. The van der Waals surface area contributed by atoms with Gasteiger partial charge in [0.2, 0.25) is 5.88 Å². The smallest absolute Gasteiger partial charge is 0.475 e. The molecule has 4 rings (SSSR count). The van der Waals surface area contributed by atoms with Crippen LogP contribution in [0.15, 0.2) is 29.8 Å². The van der Waals surface area contributed by atoms with Crippen LogP contribution >= 0.6 is 11.3 Å². The van der Waals surface area contributed by atoms with Gasteiger partial charge in [-0.25, -0.2) is 19.6 Å². The summed E-state index contributed by atoms with van der Waals surface area (Å²) in [6.07, 6.45) is -5.96. The number of aliphatic carboxylic acids is 2. The maximum atomic E-state index is 10.6. The van der Waals surface area contributed by atoms with Gasteiger partial charge in [0.05, 0.1) is 10.7 Å². The second kappa shape index (κ2) is 13.0. The third-order valence-electron chi connectivity index (χ3n) is 5.01. The third-order valence-corrected chi connectivity index (χ3v) is 5.83. The number of halogens is 6. The summed E-state index contributed by atoms with van der Waals surface area (Å²) in [6.45, 7) is 4.62. The Kier molecular flexibility index (Phi) is 10.6. The normalized spacial score (nSPS) is 21.5. The second-order valence-electron chi connectivity index (χ2n) is 7.76. The van der Waals surface area contributed by atoms with Gasteiger partial charge >= 0.3 is 24.3 Å². The van der Waals surface area contributed by atoms with Crippen LogP contribution < -0.4 is 4.74 Å². The molecule has 2 aromatic rings. The molecule has 206 valence electrons. The van der Waals surface area contributed by atoms with E-state index in [2.05, 4.69) is 27.2 Å². The minimum Gasteiger partial charge on any atom is -0.475 e. The topological polar surface area (TPSA) is 122 Å². The molecule has 0 bridgehead atoms. The van der Waals surface area contributed by atoms with Gasteiger partial charge in [0.1, 0.15) is 12.2 Å². The quantitative estimate of drug-likeness (QED) is 0.537. The van der Waals surface area contributed by atoms with Gasteiger partial charge in [0, 0.05) is 43.4 Å². The summed E-state index contributed by atoms with van der Waals surface area (Å²) < 4.78 is 75.6. The molecule has 16 heteroatoms. The number of rotatable bonds is 4. The summed E-state index contributed by atoms with van der Waals surface area (Å²) in [5, 5.41) is 17.5. The standard InChI is InChI=1S/C17H21N3O2S.2C2HF3O2/c1-12-19-13(11-23-12)9-20-10-15(17-14(20)5-4-8-21-17)22-16-6-2-3-7-18-16;2*3-2(4,5)1(6)7/h2-3,6-7,11,14-15,17H,4-5,8-10H2,1H3;2*(H,6,7)/t14-,15-,17+;;/m1../s1. The fourth-order valence-corrected chi connectivity index (χ4v) is 4.15. The molecule has 0 spiro atoms. The first-order valence-corrected chi connectivity index (χ1v) is 11.5. The number of pyridine rings is 1. The van der Waals surface area contributed by atoms with Gasteiger partial charge in [0.15, 0.2) is 0 Å². The zero-order chi connectivity index (χ0) is 27.8. The molecule has 2 N–H and O–H groups in total. The Morgan fingerprint density at radius 2 is 1.78 bits per heavy atom. The minimum atomic E-state index is -5.08. The molecule has 0 aromatic carbocycles. The van der Waals surface area contributed by atoms with Gasteiger partial charge < -0.3 is 19.7 Å². The SMILES string of the molecule is Cc1nc(CN2C[C@@H](Oc3ccccn3)[C@H]3OCCC[C@H]32)cs1.O=C(O)C(F)(F)F.O=C(O)C(F)(F)F. The van der Waals surface area contributed by atoms with E-state index in [1.165, 1.54) is 0 Å². The number of carboxylic acids is 2. The Morgan fingerprint density at radius 1 is 1.16 bits per heavy atom. The van der Waals surface area contributed by atoms with Crippen LogP contribution in [0.2, 0.25) is 0 Å². The number of alkyl halides is 6. The molecule has 2 aliphatic heterocycles. The lowest BCUT2D eigenvalue weighted by atomic mass is 10.0. The van der Waals surface area contributed by atoms with E-state index >= 15 is 0 Å². The number of ether oxygens (including phenoxy) is 2. The Hall–Kier alpha value is -2.98. The minimum absolute atomic E-state index is 0.0370. The number of likely N-dealkylation sites (tertiary alicyclic amines) is 1. The van der Waals surface area contributed by atoms with E-state index in [4.69, 9.17) is 29.3 Å². The first kappa shape index (κ1) is 30.2. The zero-order valence-electron chi connectivity index (χ0n) is 19.2. The van der Waals surface area contributed by atoms with E-state index in [9.17, 15) is 26.3 Å². The predicted octanol–water partition coefficient (Wildman–Crippen LogP) is 3.92. The van der Waals surface area contributed by atoms with Crippen LogP contribution in [-0.4, -0.2) is 80.8 Å². The highest BCUT2D eigenvalue weighted by atomic mass is 32.1. The van der Waals surface area contributed by atoms with Crippen LogP contribution in [0, 0.1) is 6.92 Å². The lowest BCUT2D eigenvalue weighted by Gasteiger charge is -2.31. The summed E-state index contributed by atoms with van der Waals surface area (Å²) in [7, 11) is 0. The van der Waals surface area contributed by atoms with Crippen molar-refractivity contribution in [3.05, 3.63) is 40.5 Å². The number of nitrogens with zero attached hydrogens (tertiary/aromatic N) is 3. The highest BCUT2D eigenvalue weighted by Crippen LogP contribution is 2.32. The first-order valence-electron chi connectivity index (χ1n) is 10.6. The van der Waals surface area contributed by atoms with Gasteiger partial charge in [-0.3, -0.25) is 4.90 Å². The molecule has 2 aliphatic rings. The number of carbonyl (C=O) groups is 2. The Morgan fingerprint density at radius 3 is 2.27 bits per heavy atom. The van der Waals surface area contributed by atoms with Gasteiger partial charge in [-0.15, -0.1) is 11.3 Å². The van der Waals surface area contributed by atoms with Crippen LogP contribution in [0.5, 0.6) is 5.88 Å². The molecule has 0 radical (unpaired) electrons. The summed E-state index contributed by atoms with van der Waals surface area (Å²) >= 11 is 1.71. The molecule has 2 fully saturated rings. The molecule has 0 amide bonds. The molecule has 37 heavy (non-hydrogen) atoms. The van der Waals surface area contributed by atoms with E-state index in [0.29, 0.717) is 11.9 Å². The fourth-order valence-electron chi connectivity index (χ4n) is 3.55. The van der Waals surface area contributed by atoms with Crippen molar-refractivity contribution in [2.24, 2.45) is 0 Å². The highest BCUT2D eigenvalue weighted by Gasteiger charge is 2.45. The summed E-state index contributed by atoms with van der Waals surface area (Å²) in [6, 6.07) is 6.18. The molecule has 2 saturated heterocycles. The molecule has 0 aliphatic carbocycles. The van der Waals surface area contributed by atoms with E-state index in [1.54, 1.807) is 17.5 Å². The van der Waals surface area contributed by atoms with E-state index in [-0.39, 0.29) is 12.2 Å². The van der Waals surface area contributed by atoms with Crippen LogP contribution in [0.4, 0.5) is 26.3 Å². The van der Waals surface area contributed by atoms with E-state index < -0.39 is 24.3 Å². The number of fused-ring (bicyclic) bond motifs is 1. The van der Waals surface area contributed by atoms with Gasteiger partial charge in [-0.05, 0) is 25.8 Å². The van der Waals surface area contributed by atoms with Crippen molar-refractivity contribution < 1.29 is 55.6 Å². The molecule has 9 nitrogen and oxygen atoms in total. The maximum Gasteiger partial charge on any atom is 0.490 e. The van der Waals surface area contributed by atoms with Crippen LogP contribution in [0.3, 0.4) is 0 Å². The van der Waals surface area contributed by atoms with Crippen molar-refractivity contribution in [2.75, 3.05) is 13.2 Å². The van der Waals surface area contributed by atoms with Crippen molar-refractivity contribution in [3.63, 3.8) is 0 Å². The lowest BCUT2D eigenvalue weighted by molar-refractivity contribution is -0.193. The number of thiazole rings is 1.